The van der Waals surface area contributed by atoms with E-state index in [1.165, 1.54) is 11.6 Å². The minimum absolute atomic E-state index is 0.132. The second kappa shape index (κ2) is 7.60. The van der Waals surface area contributed by atoms with Crippen molar-refractivity contribution in [2.24, 2.45) is 5.92 Å². The molecule has 0 radical (unpaired) electrons. The number of hydrogen-bond donors (Lipinski definition) is 1. The van der Waals surface area contributed by atoms with E-state index in [2.05, 4.69) is 69.6 Å². The maximum Gasteiger partial charge on any atom is 0.0752 e. The van der Waals surface area contributed by atoms with Gasteiger partial charge in [-0.15, -0.1) is 6.58 Å². The second-order valence-corrected chi connectivity index (χ2v) is 12.2. The first-order valence-electron chi connectivity index (χ1n) is 7.37. The minimum Gasteiger partial charge on any atom is -0.389 e. The highest BCUT2D eigenvalue weighted by atomic mass is 28.3. The molecule has 1 rings (SSSR count). The van der Waals surface area contributed by atoms with Crippen molar-refractivity contribution >= 4 is 8.07 Å². The van der Waals surface area contributed by atoms with Gasteiger partial charge in [0.2, 0.25) is 0 Å². The number of hydrogen-bond acceptors (Lipinski definition) is 1. The van der Waals surface area contributed by atoms with Gasteiger partial charge >= 0.3 is 0 Å². The molecule has 3 atom stereocenters. The van der Waals surface area contributed by atoms with E-state index in [0.29, 0.717) is 0 Å². The Hall–Kier alpha value is -1.12. The van der Waals surface area contributed by atoms with Crippen LogP contribution in [0.25, 0.3) is 0 Å². The maximum atomic E-state index is 10.1. The monoisotopic (exact) mass is 288 g/mol. The van der Waals surface area contributed by atoms with E-state index in [-0.39, 0.29) is 11.8 Å². The average molecular weight is 289 g/mol. The molecule has 0 saturated carbocycles. The molecule has 110 valence electrons. The lowest BCUT2D eigenvalue weighted by Gasteiger charge is -2.25. The lowest BCUT2D eigenvalue weighted by Crippen LogP contribution is -2.21. The summed E-state index contributed by atoms with van der Waals surface area (Å²) in [4.78, 5) is 0. The fourth-order valence-electron chi connectivity index (χ4n) is 2.26. The van der Waals surface area contributed by atoms with Crippen LogP contribution in [0.4, 0.5) is 0 Å². The highest BCUT2D eigenvalue weighted by molar-refractivity contribution is 6.76. The molecule has 0 heterocycles. The molecule has 0 saturated heterocycles. The number of aliphatic hydroxyl groups is 1. The Balaban J connectivity index is 2.94. The molecule has 0 aromatic heterocycles. The molecule has 0 fully saturated rings. The van der Waals surface area contributed by atoms with Gasteiger partial charge in [-0.05, 0) is 17.5 Å². The Bertz CT molecular complexity index is 430. The molecule has 1 N–H and O–H groups in total. The summed E-state index contributed by atoms with van der Waals surface area (Å²) in [5, 5.41) is 10.1. The van der Waals surface area contributed by atoms with Crippen molar-refractivity contribution in [1.29, 1.82) is 0 Å². The normalized spacial score (nSPS) is 16.9. The molecular formula is C18H28OSi. The van der Waals surface area contributed by atoms with Crippen LogP contribution in [0.15, 0.2) is 55.1 Å². The van der Waals surface area contributed by atoms with E-state index in [0.717, 1.165) is 0 Å². The van der Waals surface area contributed by atoms with Crippen LogP contribution in [0.3, 0.4) is 0 Å². The summed E-state index contributed by atoms with van der Waals surface area (Å²) in [5.41, 5.74) is 1.26. The van der Waals surface area contributed by atoms with Crippen LogP contribution >= 0.6 is 0 Å². The van der Waals surface area contributed by atoms with Crippen LogP contribution < -0.4 is 0 Å². The molecule has 0 bridgehead atoms. The largest absolute Gasteiger partial charge is 0.389 e. The average Bonchev–Trinajstić information content (AvgIpc) is 2.42. The van der Waals surface area contributed by atoms with Gasteiger partial charge in [-0.25, -0.2) is 0 Å². The Morgan fingerprint density at radius 1 is 1.20 bits per heavy atom. The van der Waals surface area contributed by atoms with Crippen LogP contribution in [0.5, 0.6) is 0 Å². The first kappa shape index (κ1) is 16.9. The Morgan fingerprint density at radius 2 is 1.80 bits per heavy atom. The molecule has 2 heteroatoms. The Kier molecular flexibility index (Phi) is 6.44. The van der Waals surface area contributed by atoms with Crippen molar-refractivity contribution in [3.8, 4) is 0 Å². The number of benzene rings is 1. The van der Waals surface area contributed by atoms with Gasteiger partial charge < -0.3 is 5.11 Å². The Labute approximate surface area is 125 Å². The first-order valence-corrected chi connectivity index (χ1v) is 11.1. The molecule has 0 aliphatic carbocycles. The van der Waals surface area contributed by atoms with Crippen molar-refractivity contribution in [3.05, 3.63) is 60.7 Å². The molecule has 0 amide bonds. The fraction of sp³-hybridized carbons (Fsp3) is 0.444. The molecule has 1 unspecified atom stereocenters. The molecule has 20 heavy (non-hydrogen) atoms. The van der Waals surface area contributed by atoms with E-state index in [9.17, 15) is 5.11 Å². The van der Waals surface area contributed by atoms with Gasteiger partial charge in [-0.2, -0.15) is 0 Å². The zero-order valence-corrected chi connectivity index (χ0v) is 14.2. The van der Waals surface area contributed by atoms with Crippen molar-refractivity contribution in [2.75, 3.05) is 0 Å². The first-order chi connectivity index (χ1) is 9.35. The summed E-state index contributed by atoms with van der Waals surface area (Å²) in [6.45, 7) is 12.9. The summed E-state index contributed by atoms with van der Waals surface area (Å²) in [6.07, 6.45) is 5.73. The van der Waals surface area contributed by atoms with Gasteiger partial charge in [0, 0.05) is 14.0 Å². The van der Waals surface area contributed by atoms with Gasteiger partial charge in [-0.3, -0.25) is 0 Å². The zero-order valence-electron chi connectivity index (χ0n) is 13.2. The number of aliphatic hydroxyl groups excluding tert-OH is 1. The number of allylic oxidation sites excluding steroid dienone is 2. The summed E-state index contributed by atoms with van der Waals surface area (Å²) < 4.78 is 0. The van der Waals surface area contributed by atoms with Crippen LogP contribution in [0.1, 0.15) is 18.4 Å². The van der Waals surface area contributed by atoms with Gasteiger partial charge in [0.1, 0.15) is 0 Å². The van der Waals surface area contributed by atoms with Crippen LogP contribution in [0, 0.1) is 5.92 Å². The standard InChI is InChI=1S/C18H28OSi/c1-6-18(19)15(2)17(13-10-14-20(3,4)5)16-11-8-7-9-12-16/h6-13,15,17-19H,1,14H2,2-5H3/b13-10+/t15-,17+,18?/m0/s1. The van der Waals surface area contributed by atoms with Gasteiger partial charge in [0.05, 0.1) is 6.10 Å². The summed E-state index contributed by atoms with van der Waals surface area (Å²) in [5.74, 6) is 0.369. The topological polar surface area (TPSA) is 20.2 Å². The lowest BCUT2D eigenvalue weighted by atomic mass is 9.83. The predicted octanol–water partition coefficient (Wildman–Crippen LogP) is 4.85. The summed E-state index contributed by atoms with van der Waals surface area (Å²) in [6, 6.07) is 11.6. The van der Waals surface area contributed by atoms with Crippen LogP contribution in [-0.2, 0) is 0 Å². The highest BCUT2D eigenvalue weighted by Gasteiger charge is 2.22. The van der Waals surface area contributed by atoms with E-state index in [4.69, 9.17) is 0 Å². The van der Waals surface area contributed by atoms with Crippen molar-refractivity contribution in [3.63, 3.8) is 0 Å². The van der Waals surface area contributed by atoms with Gasteiger partial charge in [-0.1, -0.05) is 75.1 Å². The van der Waals surface area contributed by atoms with Gasteiger partial charge in [0.15, 0.2) is 0 Å². The van der Waals surface area contributed by atoms with E-state index in [1.54, 1.807) is 6.08 Å². The molecule has 1 nitrogen and oxygen atoms in total. The lowest BCUT2D eigenvalue weighted by molar-refractivity contribution is 0.154. The summed E-state index contributed by atoms with van der Waals surface area (Å²) in [7, 11) is -1.06. The molecule has 0 spiro atoms. The van der Waals surface area contributed by atoms with Crippen LogP contribution in [0.2, 0.25) is 25.7 Å². The SMILES string of the molecule is C=CC(O)[C@@H](C)[C@@H](/C=C/C[Si](C)(C)C)c1ccccc1. The number of rotatable bonds is 7. The third-order valence-corrected chi connectivity index (χ3v) is 5.07. The second-order valence-electron chi connectivity index (χ2n) is 6.71. The quantitative estimate of drug-likeness (QED) is 0.562. The van der Waals surface area contributed by atoms with Crippen molar-refractivity contribution in [1.82, 2.24) is 0 Å². The predicted molar refractivity (Wildman–Crippen MR) is 91.8 cm³/mol. The van der Waals surface area contributed by atoms with Gasteiger partial charge in [0.25, 0.3) is 0 Å². The van der Waals surface area contributed by atoms with E-state index in [1.807, 2.05) is 6.07 Å². The molecule has 0 aliphatic heterocycles. The Morgan fingerprint density at radius 3 is 2.30 bits per heavy atom. The molecule has 1 aromatic carbocycles. The van der Waals surface area contributed by atoms with Crippen molar-refractivity contribution in [2.45, 2.75) is 44.6 Å². The zero-order chi connectivity index (χ0) is 15.2. The third kappa shape index (κ3) is 5.47. The van der Waals surface area contributed by atoms with E-state index < -0.39 is 14.2 Å². The molecule has 0 aliphatic rings. The van der Waals surface area contributed by atoms with Crippen LogP contribution in [-0.4, -0.2) is 19.3 Å². The molecule has 1 aromatic rings. The molecular weight excluding hydrogens is 260 g/mol. The summed E-state index contributed by atoms with van der Waals surface area (Å²) >= 11 is 0. The van der Waals surface area contributed by atoms with E-state index >= 15 is 0 Å². The highest BCUT2D eigenvalue weighted by Crippen LogP contribution is 2.29. The minimum atomic E-state index is -1.06. The third-order valence-electron chi connectivity index (χ3n) is 3.60. The smallest absolute Gasteiger partial charge is 0.0752 e. The fourth-order valence-corrected chi connectivity index (χ4v) is 3.10. The maximum absolute atomic E-state index is 10.1. The van der Waals surface area contributed by atoms with Crippen molar-refractivity contribution < 1.29 is 5.11 Å².